The number of fused-ring (bicyclic) bond motifs is 3. The monoisotopic (exact) mass is 318 g/mol. The van der Waals surface area contributed by atoms with Crippen molar-refractivity contribution in [3.8, 4) is 11.3 Å². The van der Waals surface area contributed by atoms with Gasteiger partial charge in [-0.15, -0.1) is 0 Å². The van der Waals surface area contributed by atoms with Gasteiger partial charge in [0, 0.05) is 30.1 Å². The van der Waals surface area contributed by atoms with Gasteiger partial charge in [-0.25, -0.2) is 19.9 Å². The molecule has 0 radical (unpaired) electrons. The topological polar surface area (TPSA) is 71.8 Å². The molecule has 0 unspecified atom stereocenters. The highest BCUT2D eigenvalue weighted by atomic mass is 15.1. The fourth-order valence-corrected chi connectivity index (χ4v) is 3.85. The van der Waals surface area contributed by atoms with Gasteiger partial charge in [-0.1, -0.05) is 19.3 Å². The molecule has 6 nitrogen and oxygen atoms in total. The number of aromatic amines is 1. The van der Waals surface area contributed by atoms with Gasteiger partial charge in [0.1, 0.15) is 17.8 Å². The Kier molecular flexibility index (Phi) is 3.07. The van der Waals surface area contributed by atoms with Gasteiger partial charge in [-0.3, -0.25) is 4.40 Å². The Bertz CT molecular complexity index is 994. The average Bonchev–Trinajstić information content (AvgIpc) is 3.27. The minimum atomic E-state index is 0.505. The van der Waals surface area contributed by atoms with Gasteiger partial charge in [-0.2, -0.15) is 0 Å². The Morgan fingerprint density at radius 3 is 2.67 bits per heavy atom. The second-order valence-electron chi connectivity index (χ2n) is 6.47. The van der Waals surface area contributed by atoms with E-state index in [1.807, 2.05) is 24.8 Å². The highest BCUT2D eigenvalue weighted by Crippen LogP contribution is 2.36. The molecule has 0 aromatic carbocycles. The van der Waals surface area contributed by atoms with Crippen LogP contribution in [0.4, 0.5) is 0 Å². The van der Waals surface area contributed by atoms with E-state index in [-0.39, 0.29) is 0 Å². The smallest absolute Gasteiger partial charge is 0.154 e. The lowest BCUT2D eigenvalue weighted by atomic mass is 9.89. The van der Waals surface area contributed by atoms with Crippen LogP contribution in [0.5, 0.6) is 0 Å². The molecule has 4 heterocycles. The third kappa shape index (κ3) is 2.02. The summed E-state index contributed by atoms with van der Waals surface area (Å²) in [6, 6.07) is 2.08. The van der Waals surface area contributed by atoms with E-state index in [2.05, 4.69) is 30.4 Å². The molecule has 120 valence electrons. The molecule has 6 heteroatoms. The maximum atomic E-state index is 5.04. The fraction of sp³-hybridized carbons (Fsp3) is 0.333. The molecule has 0 saturated heterocycles. The molecule has 1 fully saturated rings. The fourth-order valence-electron chi connectivity index (χ4n) is 3.85. The number of H-pyrrole nitrogens is 1. The highest BCUT2D eigenvalue weighted by molar-refractivity contribution is 5.83. The molecule has 5 rings (SSSR count). The van der Waals surface area contributed by atoms with Gasteiger partial charge in [0.25, 0.3) is 0 Å². The standard InChI is InChI=1S/C18H18N6/c1-2-4-12(5-3-1)18-23-16(13-8-19-11-20-9-13)15-10-22-17-14(24(15)18)6-7-21-17/h6-12,21H,1-5H2. The summed E-state index contributed by atoms with van der Waals surface area (Å²) in [7, 11) is 0. The SMILES string of the molecule is c1ncc(-c2nc(C3CCCCC3)n3c2cnc2[nH]ccc23)cn1. The van der Waals surface area contributed by atoms with Crippen LogP contribution in [-0.4, -0.2) is 29.3 Å². The summed E-state index contributed by atoms with van der Waals surface area (Å²) in [4.78, 5) is 21.1. The Hall–Kier alpha value is -2.76. The Balaban J connectivity index is 1.81. The van der Waals surface area contributed by atoms with Crippen molar-refractivity contribution in [2.24, 2.45) is 0 Å². The second kappa shape index (κ2) is 5.40. The van der Waals surface area contributed by atoms with Crippen LogP contribution < -0.4 is 0 Å². The summed E-state index contributed by atoms with van der Waals surface area (Å²) in [5, 5.41) is 0. The van der Waals surface area contributed by atoms with Gasteiger partial charge in [0.15, 0.2) is 5.65 Å². The molecule has 1 N–H and O–H groups in total. The predicted octanol–water partition coefficient (Wildman–Crippen LogP) is 3.72. The lowest BCUT2D eigenvalue weighted by Crippen LogP contribution is -2.09. The molecule has 1 aliphatic rings. The molecule has 1 aliphatic carbocycles. The van der Waals surface area contributed by atoms with E-state index in [0.29, 0.717) is 5.92 Å². The summed E-state index contributed by atoms with van der Waals surface area (Å²) >= 11 is 0. The van der Waals surface area contributed by atoms with E-state index in [1.54, 1.807) is 6.33 Å². The van der Waals surface area contributed by atoms with Crippen LogP contribution in [-0.2, 0) is 0 Å². The summed E-state index contributed by atoms with van der Waals surface area (Å²) in [6.45, 7) is 0. The third-order valence-corrected chi connectivity index (χ3v) is 5.00. The molecule has 0 aliphatic heterocycles. The maximum Gasteiger partial charge on any atom is 0.154 e. The van der Waals surface area contributed by atoms with E-state index in [9.17, 15) is 0 Å². The van der Waals surface area contributed by atoms with Crippen LogP contribution in [0.3, 0.4) is 0 Å². The minimum absolute atomic E-state index is 0.505. The van der Waals surface area contributed by atoms with Gasteiger partial charge >= 0.3 is 0 Å². The van der Waals surface area contributed by atoms with Crippen molar-refractivity contribution in [1.82, 2.24) is 29.3 Å². The molecule has 0 atom stereocenters. The summed E-state index contributed by atoms with van der Waals surface area (Å²) < 4.78 is 2.27. The summed E-state index contributed by atoms with van der Waals surface area (Å²) in [5.41, 5.74) is 4.87. The van der Waals surface area contributed by atoms with E-state index in [0.717, 1.165) is 33.8 Å². The molecule has 24 heavy (non-hydrogen) atoms. The number of nitrogens with one attached hydrogen (secondary N) is 1. The first kappa shape index (κ1) is 13.7. The molecular formula is C18H18N6. The number of nitrogens with zero attached hydrogens (tertiary/aromatic N) is 5. The van der Waals surface area contributed by atoms with Crippen molar-refractivity contribution in [3.63, 3.8) is 0 Å². The summed E-state index contributed by atoms with van der Waals surface area (Å²) in [5.74, 6) is 1.65. The second-order valence-corrected chi connectivity index (χ2v) is 6.47. The van der Waals surface area contributed by atoms with Crippen LogP contribution in [0.1, 0.15) is 43.8 Å². The van der Waals surface area contributed by atoms with Gasteiger partial charge < -0.3 is 4.98 Å². The van der Waals surface area contributed by atoms with Crippen LogP contribution >= 0.6 is 0 Å². The number of imidazole rings is 1. The van der Waals surface area contributed by atoms with Crippen LogP contribution in [0.15, 0.2) is 37.2 Å². The molecule has 0 amide bonds. The number of aromatic nitrogens is 6. The van der Waals surface area contributed by atoms with Crippen molar-refractivity contribution in [2.75, 3.05) is 0 Å². The van der Waals surface area contributed by atoms with Crippen molar-refractivity contribution in [1.29, 1.82) is 0 Å². The van der Waals surface area contributed by atoms with Crippen molar-refractivity contribution < 1.29 is 0 Å². The highest BCUT2D eigenvalue weighted by Gasteiger charge is 2.24. The zero-order valence-corrected chi connectivity index (χ0v) is 13.3. The van der Waals surface area contributed by atoms with Gasteiger partial charge in [0.05, 0.1) is 17.2 Å². The first-order valence-corrected chi connectivity index (χ1v) is 8.51. The van der Waals surface area contributed by atoms with E-state index in [4.69, 9.17) is 4.98 Å². The lowest BCUT2D eigenvalue weighted by molar-refractivity contribution is 0.429. The predicted molar refractivity (Wildman–Crippen MR) is 91.7 cm³/mol. The van der Waals surface area contributed by atoms with E-state index in [1.165, 1.54) is 32.1 Å². The molecule has 4 aromatic rings. The van der Waals surface area contributed by atoms with Crippen LogP contribution in [0, 0.1) is 0 Å². The van der Waals surface area contributed by atoms with E-state index >= 15 is 0 Å². The molecule has 4 aromatic heterocycles. The molecule has 0 spiro atoms. The van der Waals surface area contributed by atoms with Gasteiger partial charge in [0.2, 0.25) is 0 Å². The van der Waals surface area contributed by atoms with E-state index < -0.39 is 0 Å². The Morgan fingerprint density at radius 2 is 1.83 bits per heavy atom. The Morgan fingerprint density at radius 1 is 1.00 bits per heavy atom. The number of hydrogen-bond donors (Lipinski definition) is 1. The molecule has 1 saturated carbocycles. The average molecular weight is 318 g/mol. The normalized spacial score (nSPS) is 16.2. The zero-order valence-electron chi connectivity index (χ0n) is 13.3. The lowest BCUT2D eigenvalue weighted by Gasteiger charge is -2.20. The first-order chi connectivity index (χ1) is 11.9. The largest absolute Gasteiger partial charge is 0.345 e. The van der Waals surface area contributed by atoms with Crippen molar-refractivity contribution in [3.05, 3.63) is 43.0 Å². The molecule has 0 bridgehead atoms. The van der Waals surface area contributed by atoms with Crippen LogP contribution in [0.2, 0.25) is 0 Å². The van der Waals surface area contributed by atoms with Crippen LogP contribution in [0.25, 0.3) is 27.9 Å². The number of hydrogen-bond acceptors (Lipinski definition) is 4. The van der Waals surface area contributed by atoms with Crippen molar-refractivity contribution >= 4 is 16.7 Å². The number of rotatable bonds is 2. The third-order valence-electron chi connectivity index (χ3n) is 5.00. The first-order valence-electron chi connectivity index (χ1n) is 8.51. The minimum Gasteiger partial charge on any atom is -0.345 e. The summed E-state index contributed by atoms with van der Waals surface area (Å²) in [6.07, 6.45) is 15.3. The quantitative estimate of drug-likeness (QED) is 0.611. The maximum absolute atomic E-state index is 5.04. The van der Waals surface area contributed by atoms with Gasteiger partial charge in [-0.05, 0) is 18.9 Å². The zero-order chi connectivity index (χ0) is 15.9. The molecular weight excluding hydrogens is 300 g/mol. The Labute approximate surface area is 139 Å². The van der Waals surface area contributed by atoms with Crippen molar-refractivity contribution in [2.45, 2.75) is 38.0 Å².